The van der Waals surface area contributed by atoms with E-state index in [4.69, 9.17) is 21.6 Å². The number of nitrogens with one attached hydrogen (secondary N) is 3. The maximum Gasteiger partial charge on any atom is 0.319 e. The predicted molar refractivity (Wildman–Crippen MR) is 136 cm³/mol. The molecule has 0 aliphatic carbocycles. The zero-order chi connectivity index (χ0) is 22.9. The number of anilines is 4. The van der Waals surface area contributed by atoms with Gasteiger partial charge in [0.2, 0.25) is 5.95 Å². The number of nitrogens with zero attached hydrogens (tertiary/aromatic N) is 4. The minimum atomic E-state index is -0.194. The van der Waals surface area contributed by atoms with E-state index in [1.165, 1.54) is 25.7 Å². The molecule has 0 atom stereocenters. The van der Waals surface area contributed by atoms with Crippen LogP contribution in [0.15, 0.2) is 30.3 Å². The van der Waals surface area contributed by atoms with Crippen LogP contribution in [0.1, 0.15) is 44.9 Å². The number of aromatic nitrogens is 2. The highest BCUT2D eigenvalue weighted by Crippen LogP contribution is 2.25. The summed E-state index contributed by atoms with van der Waals surface area (Å²) in [5, 5.41) is 9.85. The largest absolute Gasteiger partial charge is 0.370 e. The van der Waals surface area contributed by atoms with Gasteiger partial charge < -0.3 is 25.8 Å². The third-order valence-electron chi connectivity index (χ3n) is 6.07. The van der Waals surface area contributed by atoms with Gasteiger partial charge in [0.05, 0.1) is 0 Å². The highest BCUT2D eigenvalue weighted by Gasteiger charge is 2.20. The van der Waals surface area contributed by atoms with E-state index in [2.05, 4.69) is 31.8 Å². The van der Waals surface area contributed by atoms with Crippen molar-refractivity contribution >= 4 is 40.9 Å². The van der Waals surface area contributed by atoms with Gasteiger partial charge in [0.15, 0.2) is 0 Å². The second-order valence-electron chi connectivity index (χ2n) is 8.67. The lowest BCUT2D eigenvalue weighted by molar-refractivity contribution is 0.252. The molecule has 0 unspecified atom stereocenters. The first kappa shape index (κ1) is 23.4. The van der Waals surface area contributed by atoms with Gasteiger partial charge in [0, 0.05) is 56.0 Å². The van der Waals surface area contributed by atoms with Gasteiger partial charge >= 0.3 is 6.03 Å². The van der Waals surface area contributed by atoms with E-state index in [0.717, 1.165) is 75.3 Å². The Kier molecular flexibility index (Phi) is 8.47. The molecule has 8 nitrogen and oxygen atoms in total. The summed E-state index contributed by atoms with van der Waals surface area (Å²) < 4.78 is 0. The van der Waals surface area contributed by atoms with Gasteiger partial charge in [-0.1, -0.05) is 11.6 Å². The van der Waals surface area contributed by atoms with E-state index < -0.39 is 0 Å². The Hall–Kier alpha value is -2.74. The number of benzene rings is 1. The molecule has 0 spiro atoms. The van der Waals surface area contributed by atoms with Gasteiger partial charge in [0.25, 0.3) is 0 Å². The number of halogens is 1. The molecule has 2 saturated heterocycles. The van der Waals surface area contributed by atoms with Gasteiger partial charge in [-0.2, -0.15) is 9.97 Å². The third kappa shape index (κ3) is 7.12. The van der Waals surface area contributed by atoms with Gasteiger partial charge in [-0.25, -0.2) is 4.79 Å². The van der Waals surface area contributed by atoms with Crippen molar-refractivity contribution in [1.29, 1.82) is 0 Å². The maximum atomic E-state index is 12.0. The van der Waals surface area contributed by atoms with E-state index in [1.807, 2.05) is 0 Å². The molecule has 9 heteroatoms. The van der Waals surface area contributed by atoms with E-state index in [0.29, 0.717) is 11.6 Å². The first-order valence-corrected chi connectivity index (χ1v) is 12.5. The molecule has 0 radical (unpaired) electrons. The van der Waals surface area contributed by atoms with Gasteiger partial charge in [-0.05, 0) is 69.2 Å². The van der Waals surface area contributed by atoms with Gasteiger partial charge in [-0.15, -0.1) is 0 Å². The van der Waals surface area contributed by atoms with Crippen molar-refractivity contribution in [3.63, 3.8) is 0 Å². The Bertz CT molecular complexity index is 862. The van der Waals surface area contributed by atoms with Crippen LogP contribution in [0.4, 0.5) is 28.1 Å². The quantitative estimate of drug-likeness (QED) is 0.434. The van der Waals surface area contributed by atoms with Crippen LogP contribution in [0.3, 0.4) is 0 Å². The summed E-state index contributed by atoms with van der Waals surface area (Å²) in [4.78, 5) is 26.3. The fourth-order valence-corrected chi connectivity index (χ4v) is 4.36. The van der Waals surface area contributed by atoms with Crippen LogP contribution in [0.5, 0.6) is 0 Å². The Morgan fingerprint density at radius 2 is 1.55 bits per heavy atom. The number of urea groups is 1. The lowest BCUT2D eigenvalue weighted by Crippen LogP contribution is -2.29. The monoisotopic (exact) mass is 471 g/mol. The molecule has 4 rings (SSSR count). The van der Waals surface area contributed by atoms with Crippen molar-refractivity contribution in [3.8, 4) is 0 Å². The van der Waals surface area contributed by atoms with Gasteiger partial charge in [-0.3, -0.25) is 0 Å². The van der Waals surface area contributed by atoms with Crippen molar-refractivity contribution in [1.82, 2.24) is 15.3 Å². The minimum absolute atomic E-state index is 0.194. The third-order valence-corrected chi connectivity index (χ3v) is 6.32. The zero-order valence-corrected chi connectivity index (χ0v) is 19.9. The number of carbonyl (C=O) groups is 1. The lowest BCUT2D eigenvalue weighted by Gasteiger charge is -2.22. The summed E-state index contributed by atoms with van der Waals surface area (Å²) in [6.45, 7) is 5.74. The summed E-state index contributed by atoms with van der Waals surface area (Å²) >= 11 is 5.86. The van der Waals surface area contributed by atoms with Crippen LogP contribution in [0.25, 0.3) is 0 Å². The summed E-state index contributed by atoms with van der Waals surface area (Å²) in [5.41, 5.74) is 0.729. The van der Waals surface area contributed by atoms with Crippen LogP contribution >= 0.6 is 11.6 Å². The molecule has 2 aliphatic rings. The molecule has 0 saturated carbocycles. The second-order valence-corrected chi connectivity index (χ2v) is 9.11. The van der Waals surface area contributed by atoms with E-state index in [9.17, 15) is 4.79 Å². The standard InChI is InChI=1S/C24H34ClN7O/c25-19-8-10-20(11-9-19)28-24(33)27-13-3-1-2-12-26-21-18-22(31-14-4-5-15-31)30-23(29-21)32-16-6-7-17-32/h8-11,18H,1-7,12-17H2,(H,26,29,30)(H2,27,28,33). The molecular formula is C24H34ClN7O. The van der Waals surface area contributed by atoms with Crippen molar-refractivity contribution in [2.24, 2.45) is 0 Å². The fraction of sp³-hybridized carbons (Fsp3) is 0.542. The van der Waals surface area contributed by atoms with Crippen LogP contribution in [-0.2, 0) is 0 Å². The SMILES string of the molecule is O=C(NCCCCCNc1cc(N2CCCC2)nc(N2CCCC2)n1)Nc1ccc(Cl)cc1. The average molecular weight is 472 g/mol. The fourth-order valence-electron chi connectivity index (χ4n) is 4.23. The Balaban J connectivity index is 1.17. The molecule has 2 aliphatic heterocycles. The number of amides is 2. The van der Waals surface area contributed by atoms with Crippen molar-refractivity contribution in [2.75, 3.05) is 59.7 Å². The Labute approximate surface area is 201 Å². The summed E-state index contributed by atoms with van der Waals surface area (Å²) in [5.74, 6) is 2.81. The Morgan fingerprint density at radius 1 is 0.879 bits per heavy atom. The lowest BCUT2D eigenvalue weighted by atomic mass is 10.2. The molecule has 2 amide bonds. The first-order valence-electron chi connectivity index (χ1n) is 12.1. The average Bonchev–Trinajstić information content (AvgIpc) is 3.54. The minimum Gasteiger partial charge on any atom is -0.370 e. The summed E-state index contributed by atoms with van der Waals surface area (Å²) in [6.07, 6.45) is 7.87. The first-order chi connectivity index (χ1) is 16.2. The molecule has 178 valence electrons. The predicted octanol–water partition coefficient (Wildman–Crippen LogP) is 4.73. The Morgan fingerprint density at radius 3 is 2.27 bits per heavy atom. The van der Waals surface area contributed by atoms with Crippen molar-refractivity contribution in [2.45, 2.75) is 44.9 Å². The molecule has 1 aromatic carbocycles. The highest BCUT2D eigenvalue weighted by molar-refractivity contribution is 6.30. The molecule has 33 heavy (non-hydrogen) atoms. The highest BCUT2D eigenvalue weighted by atomic mass is 35.5. The molecule has 1 aromatic heterocycles. The van der Waals surface area contributed by atoms with Gasteiger partial charge in [0.1, 0.15) is 11.6 Å². The van der Waals surface area contributed by atoms with Crippen LogP contribution in [0, 0.1) is 0 Å². The van der Waals surface area contributed by atoms with Crippen LogP contribution in [-0.4, -0.2) is 55.3 Å². The maximum absolute atomic E-state index is 12.0. The normalized spacial score (nSPS) is 15.7. The summed E-state index contributed by atoms with van der Waals surface area (Å²) in [7, 11) is 0. The number of unbranched alkanes of at least 4 members (excludes halogenated alkanes) is 2. The molecule has 2 fully saturated rings. The number of rotatable bonds is 10. The van der Waals surface area contributed by atoms with E-state index in [-0.39, 0.29) is 6.03 Å². The molecule has 3 N–H and O–H groups in total. The van der Waals surface area contributed by atoms with Crippen molar-refractivity contribution in [3.05, 3.63) is 35.4 Å². The van der Waals surface area contributed by atoms with E-state index in [1.54, 1.807) is 24.3 Å². The molecule has 3 heterocycles. The number of carbonyl (C=O) groups excluding carboxylic acids is 1. The number of hydrogen-bond donors (Lipinski definition) is 3. The molecule has 0 bridgehead atoms. The molecule has 2 aromatic rings. The second kappa shape index (κ2) is 11.9. The van der Waals surface area contributed by atoms with Crippen LogP contribution < -0.4 is 25.8 Å². The zero-order valence-electron chi connectivity index (χ0n) is 19.2. The number of hydrogen-bond acceptors (Lipinski definition) is 6. The molecular weight excluding hydrogens is 438 g/mol. The smallest absolute Gasteiger partial charge is 0.319 e. The van der Waals surface area contributed by atoms with E-state index >= 15 is 0 Å². The topological polar surface area (TPSA) is 85.4 Å². The van der Waals surface area contributed by atoms with Crippen molar-refractivity contribution < 1.29 is 4.79 Å². The van der Waals surface area contributed by atoms with Crippen LogP contribution in [0.2, 0.25) is 5.02 Å². The summed E-state index contributed by atoms with van der Waals surface area (Å²) in [6, 6.07) is 8.97.